The van der Waals surface area contributed by atoms with Gasteiger partial charge in [0.15, 0.2) is 11.6 Å². The highest BCUT2D eigenvalue weighted by Crippen LogP contribution is 2.50. The Balaban J connectivity index is 1.87. The number of rotatable bonds is 5. The van der Waals surface area contributed by atoms with Crippen molar-refractivity contribution in [3.63, 3.8) is 0 Å². The van der Waals surface area contributed by atoms with Crippen LogP contribution in [0.3, 0.4) is 0 Å². The number of halogens is 1. The van der Waals surface area contributed by atoms with Crippen molar-refractivity contribution in [3.8, 4) is 0 Å². The second-order valence-corrected chi connectivity index (χ2v) is 8.06. The van der Waals surface area contributed by atoms with Crippen molar-refractivity contribution in [2.45, 2.75) is 26.5 Å². The van der Waals surface area contributed by atoms with Gasteiger partial charge in [0.2, 0.25) is 0 Å². The van der Waals surface area contributed by atoms with Crippen molar-refractivity contribution in [2.24, 2.45) is 11.3 Å². The Morgan fingerprint density at radius 3 is 2.18 bits per heavy atom. The van der Waals surface area contributed by atoms with Gasteiger partial charge in [-0.2, -0.15) is 0 Å². The van der Waals surface area contributed by atoms with Crippen LogP contribution < -0.4 is 0 Å². The minimum absolute atomic E-state index is 0.0139. The predicted octanol–water partition coefficient (Wildman–Crippen LogP) is 3.33. The molecule has 2 aliphatic heterocycles. The Morgan fingerprint density at radius 1 is 1.06 bits per heavy atom. The van der Waals surface area contributed by atoms with Crippen molar-refractivity contribution in [1.29, 1.82) is 0 Å². The fraction of sp³-hybridized carbons (Fsp3) is 0.333. The SMILES string of the molecule is CCOC(=O)C1(C(=O)OCC)C[C@H](N2C(=O)c3ccccc3C2=O)OC2=C(Cl)C=CC=C[C@@H]21. The quantitative estimate of drug-likeness (QED) is 0.369. The summed E-state index contributed by atoms with van der Waals surface area (Å²) in [5, 5.41) is 0.129. The molecule has 2 heterocycles. The largest absolute Gasteiger partial charge is 0.472 e. The summed E-state index contributed by atoms with van der Waals surface area (Å²) in [4.78, 5) is 53.9. The number of hydrogen-bond acceptors (Lipinski definition) is 7. The Kier molecular flexibility index (Phi) is 6.12. The van der Waals surface area contributed by atoms with Crippen LogP contribution in [0.4, 0.5) is 0 Å². The van der Waals surface area contributed by atoms with E-state index in [9.17, 15) is 19.2 Å². The van der Waals surface area contributed by atoms with Gasteiger partial charge in [-0.25, -0.2) is 4.90 Å². The number of esters is 2. The maximum Gasteiger partial charge on any atom is 0.324 e. The summed E-state index contributed by atoms with van der Waals surface area (Å²) >= 11 is 6.45. The summed E-state index contributed by atoms with van der Waals surface area (Å²) in [6, 6.07) is 6.36. The lowest BCUT2D eigenvalue weighted by molar-refractivity contribution is -0.187. The van der Waals surface area contributed by atoms with Gasteiger partial charge >= 0.3 is 11.9 Å². The normalized spacial score (nSPS) is 22.9. The molecule has 2 amide bonds. The van der Waals surface area contributed by atoms with E-state index in [1.165, 1.54) is 12.1 Å². The molecular formula is C24H22ClNO7. The smallest absolute Gasteiger partial charge is 0.324 e. The van der Waals surface area contributed by atoms with Crippen molar-refractivity contribution >= 4 is 35.4 Å². The molecule has 2 atom stereocenters. The van der Waals surface area contributed by atoms with E-state index in [1.54, 1.807) is 50.3 Å². The number of amides is 2. The molecule has 1 aromatic rings. The molecular weight excluding hydrogens is 450 g/mol. The summed E-state index contributed by atoms with van der Waals surface area (Å²) in [7, 11) is 0. The Labute approximate surface area is 195 Å². The maximum atomic E-state index is 13.4. The first kappa shape index (κ1) is 22.8. The number of nitrogens with zero attached hydrogens (tertiary/aromatic N) is 1. The first-order valence-electron chi connectivity index (χ1n) is 10.6. The van der Waals surface area contributed by atoms with E-state index >= 15 is 0 Å². The van der Waals surface area contributed by atoms with Gasteiger partial charge in [-0.15, -0.1) is 0 Å². The first-order valence-corrected chi connectivity index (χ1v) is 11.0. The van der Waals surface area contributed by atoms with Crippen LogP contribution in [0.5, 0.6) is 0 Å². The molecule has 9 heteroatoms. The summed E-state index contributed by atoms with van der Waals surface area (Å²) < 4.78 is 16.7. The summed E-state index contributed by atoms with van der Waals surface area (Å²) in [6.07, 6.45) is 4.78. The lowest BCUT2D eigenvalue weighted by atomic mass is 9.69. The minimum atomic E-state index is -1.91. The van der Waals surface area contributed by atoms with E-state index in [4.69, 9.17) is 25.8 Å². The third kappa shape index (κ3) is 3.54. The van der Waals surface area contributed by atoms with Gasteiger partial charge in [-0.1, -0.05) is 42.0 Å². The number of allylic oxidation sites excluding steroid dienone is 5. The summed E-state index contributed by atoms with van der Waals surface area (Å²) in [6.45, 7) is 3.26. The Hall–Kier alpha value is -3.39. The zero-order valence-corrected chi connectivity index (χ0v) is 18.8. The van der Waals surface area contributed by atoms with E-state index < -0.39 is 41.3 Å². The number of hydrogen-bond donors (Lipinski definition) is 0. The van der Waals surface area contributed by atoms with Crippen LogP contribution >= 0.6 is 11.6 Å². The number of imide groups is 1. The van der Waals surface area contributed by atoms with Crippen molar-refractivity contribution in [2.75, 3.05) is 13.2 Å². The molecule has 1 saturated heterocycles. The van der Waals surface area contributed by atoms with E-state index in [0.717, 1.165) is 4.90 Å². The van der Waals surface area contributed by atoms with Crippen molar-refractivity contribution < 1.29 is 33.4 Å². The van der Waals surface area contributed by atoms with E-state index in [2.05, 4.69) is 0 Å². The van der Waals surface area contributed by atoms with Gasteiger partial charge in [-0.05, 0) is 32.1 Å². The summed E-state index contributed by atoms with van der Waals surface area (Å²) in [5.74, 6) is -3.73. The minimum Gasteiger partial charge on any atom is -0.472 e. The molecule has 8 nitrogen and oxygen atoms in total. The molecule has 172 valence electrons. The van der Waals surface area contributed by atoms with Crippen molar-refractivity contribution in [3.05, 3.63) is 70.5 Å². The van der Waals surface area contributed by atoms with E-state index in [-0.39, 0.29) is 41.6 Å². The highest BCUT2D eigenvalue weighted by atomic mass is 35.5. The van der Waals surface area contributed by atoms with Crippen LogP contribution in [-0.4, -0.2) is 48.1 Å². The molecule has 0 spiro atoms. The highest BCUT2D eigenvalue weighted by Gasteiger charge is 2.62. The maximum absolute atomic E-state index is 13.4. The first-order chi connectivity index (χ1) is 15.9. The molecule has 0 N–H and O–H groups in total. The third-order valence-electron chi connectivity index (χ3n) is 5.86. The average molecular weight is 472 g/mol. The molecule has 0 radical (unpaired) electrons. The number of ether oxygens (including phenoxy) is 3. The monoisotopic (exact) mass is 471 g/mol. The molecule has 0 unspecified atom stereocenters. The second-order valence-electron chi connectivity index (χ2n) is 7.65. The van der Waals surface area contributed by atoms with Gasteiger partial charge in [0.1, 0.15) is 5.76 Å². The van der Waals surface area contributed by atoms with Gasteiger partial charge in [0.25, 0.3) is 11.8 Å². The Bertz CT molecular complexity index is 1070. The number of benzene rings is 1. The van der Waals surface area contributed by atoms with Gasteiger partial charge < -0.3 is 14.2 Å². The average Bonchev–Trinajstić information content (AvgIpc) is 2.93. The van der Waals surface area contributed by atoms with Crippen LogP contribution in [0.25, 0.3) is 0 Å². The third-order valence-corrected chi connectivity index (χ3v) is 6.17. The van der Waals surface area contributed by atoms with Crippen LogP contribution in [0.1, 0.15) is 41.0 Å². The fourth-order valence-corrected chi connectivity index (χ4v) is 4.61. The lowest BCUT2D eigenvalue weighted by Gasteiger charge is -2.44. The Morgan fingerprint density at radius 2 is 1.64 bits per heavy atom. The van der Waals surface area contributed by atoms with E-state index in [0.29, 0.717) is 0 Å². The number of fused-ring (bicyclic) bond motifs is 2. The van der Waals surface area contributed by atoms with Crippen LogP contribution in [0, 0.1) is 11.3 Å². The molecule has 1 aromatic carbocycles. The lowest BCUT2D eigenvalue weighted by Crippen LogP contribution is -2.57. The summed E-state index contributed by atoms with van der Waals surface area (Å²) in [5.41, 5.74) is -1.49. The van der Waals surface area contributed by atoms with Crippen LogP contribution in [0.2, 0.25) is 0 Å². The molecule has 0 bridgehead atoms. The molecule has 33 heavy (non-hydrogen) atoms. The molecule has 1 aliphatic carbocycles. The van der Waals surface area contributed by atoms with Crippen LogP contribution in [0.15, 0.2) is 59.4 Å². The van der Waals surface area contributed by atoms with Gasteiger partial charge in [0.05, 0.1) is 35.3 Å². The number of carbonyl (C=O) groups is 4. The zero-order chi connectivity index (χ0) is 23.8. The predicted molar refractivity (Wildman–Crippen MR) is 117 cm³/mol. The zero-order valence-electron chi connectivity index (χ0n) is 18.1. The molecule has 0 saturated carbocycles. The van der Waals surface area contributed by atoms with Gasteiger partial charge in [-0.3, -0.25) is 19.2 Å². The number of carbonyl (C=O) groups excluding carboxylic acids is 4. The van der Waals surface area contributed by atoms with Crippen molar-refractivity contribution in [1.82, 2.24) is 4.90 Å². The standard InChI is InChI=1S/C24H22ClNO7/c1-3-31-22(29)24(23(30)32-4-2)13-18(33-19-16(24)11-7-8-12-17(19)25)26-20(27)14-9-5-6-10-15(14)21(26)28/h5-12,16,18H,3-4,13H2,1-2H3/t16-,18+/m0/s1. The fourth-order valence-electron chi connectivity index (χ4n) is 4.38. The van der Waals surface area contributed by atoms with Gasteiger partial charge in [0, 0.05) is 6.42 Å². The molecule has 0 aromatic heterocycles. The highest BCUT2D eigenvalue weighted by molar-refractivity contribution is 6.31. The van der Waals surface area contributed by atoms with Crippen LogP contribution in [-0.2, 0) is 23.8 Å². The second kappa shape index (κ2) is 8.86. The topological polar surface area (TPSA) is 99.2 Å². The molecule has 1 fully saturated rings. The van der Waals surface area contributed by atoms with E-state index in [1.807, 2.05) is 0 Å². The molecule has 3 aliphatic rings. The molecule has 4 rings (SSSR count).